The van der Waals surface area contributed by atoms with Gasteiger partial charge in [0, 0.05) is 36.0 Å². The van der Waals surface area contributed by atoms with Crippen LogP contribution in [-0.4, -0.2) is 34.7 Å². The number of nitrogens with one attached hydrogen (secondary N) is 1. The van der Waals surface area contributed by atoms with Crippen LogP contribution < -0.4 is 5.32 Å². The zero-order valence-corrected chi connectivity index (χ0v) is 15.9. The molecule has 26 heavy (non-hydrogen) atoms. The molecule has 2 aromatic rings. The van der Waals surface area contributed by atoms with E-state index in [0.29, 0.717) is 28.8 Å². The lowest BCUT2D eigenvalue weighted by molar-refractivity contribution is -0.385. The van der Waals surface area contributed by atoms with Gasteiger partial charge in [-0.25, -0.2) is 0 Å². The third-order valence-corrected chi connectivity index (χ3v) is 4.52. The Morgan fingerprint density at radius 1 is 1.08 bits per heavy atom. The minimum atomic E-state index is -0.561. The number of hydrogen-bond acceptors (Lipinski definition) is 4. The number of halogens is 1. The Hall–Kier alpha value is -2.74. The molecule has 1 N–H and O–H groups in total. The van der Waals surface area contributed by atoms with Crippen molar-refractivity contribution in [2.75, 3.05) is 18.4 Å². The van der Waals surface area contributed by atoms with Gasteiger partial charge in [0.15, 0.2) is 0 Å². The molecule has 7 nitrogen and oxygen atoms in total. The SMILES string of the molecule is CCN(CC)C(=O)c1ccc(NC(=O)c2ccc(Br)c([N+](=O)[O-])c2)cc1. The molecule has 2 aromatic carbocycles. The van der Waals surface area contributed by atoms with E-state index in [1.807, 2.05) is 13.8 Å². The second-order valence-electron chi connectivity index (χ2n) is 5.43. The van der Waals surface area contributed by atoms with Gasteiger partial charge in [-0.2, -0.15) is 0 Å². The van der Waals surface area contributed by atoms with E-state index in [9.17, 15) is 19.7 Å². The summed E-state index contributed by atoms with van der Waals surface area (Å²) in [6, 6.07) is 10.7. The van der Waals surface area contributed by atoms with Crippen LogP contribution in [0.5, 0.6) is 0 Å². The minimum Gasteiger partial charge on any atom is -0.339 e. The van der Waals surface area contributed by atoms with Crippen molar-refractivity contribution in [1.29, 1.82) is 0 Å². The average Bonchev–Trinajstić information content (AvgIpc) is 2.63. The Bertz CT molecular complexity index is 833. The molecule has 2 amide bonds. The van der Waals surface area contributed by atoms with E-state index in [-0.39, 0.29) is 17.2 Å². The van der Waals surface area contributed by atoms with E-state index in [1.165, 1.54) is 18.2 Å². The summed E-state index contributed by atoms with van der Waals surface area (Å²) in [4.78, 5) is 36.7. The predicted octanol–water partition coefficient (Wildman–Crippen LogP) is 4.09. The highest BCUT2D eigenvalue weighted by atomic mass is 79.9. The number of nitrogens with zero attached hydrogens (tertiary/aromatic N) is 2. The van der Waals surface area contributed by atoms with Crippen LogP contribution in [0.3, 0.4) is 0 Å². The van der Waals surface area contributed by atoms with Gasteiger partial charge in [-0.3, -0.25) is 19.7 Å². The molecule has 0 fully saturated rings. The highest BCUT2D eigenvalue weighted by molar-refractivity contribution is 9.10. The molecule has 136 valence electrons. The number of nitro benzene ring substituents is 1. The van der Waals surface area contributed by atoms with Crippen molar-refractivity contribution in [1.82, 2.24) is 4.90 Å². The van der Waals surface area contributed by atoms with Crippen molar-refractivity contribution >= 4 is 39.1 Å². The zero-order valence-electron chi connectivity index (χ0n) is 14.4. The number of carbonyl (C=O) groups excluding carboxylic acids is 2. The number of amides is 2. The minimum absolute atomic E-state index is 0.0728. The fourth-order valence-electron chi connectivity index (χ4n) is 2.39. The lowest BCUT2D eigenvalue weighted by Crippen LogP contribution is -2.30. The van der Waals surface area contributed by atoms with Crippen molar-refractivity contribution in [3.63, 3.8) is 0 Å². The van der Waals surface area contributed by atoms with Crippen molar-refractivity contribution in [3.05, 3.63) is 68.2 Å². The van der Waals surface area contributed by atoms with Gasteiger partial charge < -0.3 is 10.2 Å². The fraction of sp³-hybridized carbons (Fsp3) is 0.222. The second kappa shape index (κ2) is 8.57. The number of carbonyl (C=O) groups is 2. The third kappa shape index (κ3) is 4.45. The molecular weight excluding hydrogens is 402 g/mol. The maximum absolute atomic E-state index is 12.3. The first kappa shape index (κ1) is 19.6. The molecular formula is C18H18BrN3O4. The van der Waals surface area contributed by atoms with Crippen LogP contribution in [0.25, 0.3) is 0 Å². The first-order valence-corrected chi connectivity index (χ1v) is 8.81. The van der Waals surface area contributed by atoms with Gasteiger partial charge in [0.05, 0.1) is 9.40 Å². The molecule has 0 aliphatic rings. The molecule has 2 rings (SSSR count). The van der Waals surface area contributed by atoms with Gasteiger partial charge in [0.1, 0.15) is 0 Å². The zero-order chi connectivity index (χ0) is 19.3. The normalized spacial score (nSPS) is 10.3. The van der Waals surface area contributed by atoms with Gasteiger partial charge in [-0.1, -0.05) is 0 Å². The van der Waals surface area contributed by atoms with Crippen molar-refractivity contribution in [3.8, 4) is 0 Å². The van der Waals surface area contributed by atoms with Crippen LogP contribution in [-0.2, 0) is 0 Å². The smallest absolute Gasteiger partial charge is 0.284 e. The molecule has 0 radical (unpaired) electrons. The quantitative estimate of drug-likeness (QED) is 0.563. The molecule has 8 heteroatoms. The molecule has 0 atom stereocenters. The Balaban J connectivity index is 2.14. The Kier molecular flexibility index (Phi) is 6.46. The van der Waals surface area contributed by atoms with Crippen molar-refractivity contribution in [2.45, 2.75) is 13.8 Å². The van der Waals surface area contributed by atoms with E-state index in [1.54, 1.807) is 29.2 Å². The van der Waals surface area contributed by atoms with E-state index in [4.69, 9.17) is 0 Å². The van der Waals surface area contributed by atoms with Gasteiger partial charge in [0.25, 0.3) is 17.5 Å². The fourth-order valence-corrected chi connectivity index (χ4v) is 2.78. The first-order valence-electron chi connectivity index (χ1n) is 8.02. The molecule has 0 spiro atoms. The summed E-state index contributed by atoms with van der Waals surface area (Å²) >= 11 is 3.08. The molecule has 0 aromatic heterocycles. The molecule has 0 saturated carbocycles. The predicted molar refractivity (Wildman–Crippen MR) is 102 cm³/mol. The number of hydrogen-bond donors (Lipinski definition) is 1. The first-order chi connectivity index (χ1) is 12.4. The van der Waals surface area contributed by atoms with Crippen LogP contribution in [0.15, 0.2) is 46.9 Å². The van der Waals surface area contributed by atoms with Gasteiger partial charge in [-0.15, -0.1) is 0 Å². The average molecular weight is 420 g/mol. The molecule has 0 unspecified atom stereocenters. The molecule has 0 bridgehead atoms. The number of benzene rings is 2. The van der Waals surface area contributed by atoms with E-state index >= 15 is 0 Å². The molecule has 0 saturated heterocycles. The van der Waals surface area contributed by atoms with Gasteiger partial charge >= 0.3 is 0 Å². The van der Waals surface area contributed by atoms with Crippen LogP contribution in [0.2, 0.25) is 0 Å². The van der Waals surface area contributed by atoms with Crippen LogP contribution in [0.4, 0.5) is 11.4 Å². The highest BCUT2D eigenvalue weighted by Gasteiger charge is 2.16. The standard InChI is InChI=1S/C18H18BrN3O4/c1-3-21(4-2)18(24)12-5-8-14(9-6-12)20-17(23)13-7-10-15(19)16(11-13)22(25)26/h5-11H,3-4H2,1-2H3,(H,20,23). The van der Waals surface area contributed by atoms with E-state index < -0.39 is 10.8 Å². The topological polar surface area (TPSA) is 92.6 Å². The van der Waals surface area contributed by atoms with Crippen molar-refractivity contribution in [2.24, 2.45) is 0 Å². The monoisotopic (exact) mass is 419 g/mol. The number of rotatable bonds is 6. The van der Waals surface area contributed by atoms with Gasteiger partial charge in [-0.05, 0) is 66.2 Å². The third-order valence-electron chi connectivity index (χ3n) is 3.85. The summed E-state index contributed by atoms with van der Waals surface area (Å²) in [5.74, 6) is -0.542. The number of anilines is 1. The lowest BCUT2D eigenvalue weighted by Gasteiger charge is -2.18. The Morgan fingerprint density at radius 2 is 1.65 bits per heavy atom. The summed E-state index contributed by atoms with van der Waals surface area (Å²) < 4.78 is 0.304. The summed E-state index contributed by atoms with van der Waals surface area (Å²) in [6.45, 7) is 5.06. The van der Waals surface area contributed by atoms with Gasteiger partial charge in [0.2, 0.25) is 0 Å². The maximum atomic E-state index is 12.3. The van der Waals surface area contributed by atoms with Crippen molar-refractivity contribution < 1.29 is 14.5 Å². The molecule has 0 heterocycles. The van der Waals surface area contributed by atoms with E-state index in [0.717, 1.165) is 0 Å². The number of nitro groups is 1. The highest BCUT2D eigenvalue weighted by Crippen LogP contribution is 2.26. The summed E-state index contributed by atoms with van der Waals surface area (Å²) in [6.07, 6.45) is 0. The Labute approximate surface area is 159 Å². The largest absolute Gasteiger partial charge is 0.339 e. The summed E-state index contributed by atoms with van der Waals surface area (Å²) in [5.41, 5.74) is 1.02. The maximum Gasteiger partial charge on any atom is 0.284 e. The molecule has 0 aliphatic heterocycles. The van der Waals surface area contributed by atoms with Crippen LogP contribution >= 0.6 is 15.9 Å². The second-order valence-corrected chi connectivity index (χ2v) is 6.29. The lowest BCUT2D eigenvalue weighted by atomic mass is 10.1. The summed E-state index contributed by atoms with van der Waals surface area (Å²) in [5, 5.41) is 13.6. The summed E-state index contributed by atoms with van der Waals surface area (Å²) in [7, 11) is 0. The van der Waals surface area contributed by atoms with Crippen LogP contribution in [0.1, 0.15) is 34.6 Å². The van der Waals surface area contributed by atoms with Crippen LogP contribution in [0, 0.1) is 10.1 Å². The Morgan fingerprint density at radius 3 is 2.19 bits per heavy atom. The molecule has 0 aliphatic carbocycles. The van der Waals surface area contributed by atoms with E-state index in [2.05, 4.69) is 21.2 Å².